The van der Waals surface area contributed by atoms with Gasteiger partial charge in [-0.05, 0) is 39.0 Å². The summed E-state index contributed by atoms with van der Waals surface area (Å²) in [6, 6.07) is 15.2. The average molecular weight is 312 g/mol. The third kappa shape index (κ3) is 4.33. The number of hydrogen-bond donors (Lipinski definition) is 1. The molecule has 0 aliphatic carbocycles. The van der Waals surface area contributed by atoms with Crippen LogP contribution in [0.4, 0.5) is 11.4 Å². The highest BCUT2D eigenvalue weighted by atomic mass is 16.5. The Morgan fingerprint density at radius 1 is 1.04 bits per heavy atom. The van der Waals surface area contributed by atoms with E-state index in [9.17, 15) is 4.79 Å². The van der Waals surface area contributed by atoms with Crippen molar-refractivity contribution in [2.75, 3.05) is 25.0 Å². The first-order valence-corrected chi connectivity index (χ1v) is 8.07. The highest BCUT2D eigenvalue weighted by Gasteiger charge is 2.20. The van der Waals surface area contributed by atoms with Crippen molar-refractivity contribution in [1.82, 2.24) is 4.90 Å². The predicted molar refractivity (Wildman–Crippen MR) is 94.9 cm³/mol. The van der Waals surface area contributed by atoms with E-state index in [1.807, 2.05) is 55.5 Å². The maximum atomic E-state index is 12.7. The molecular formula is C19H24N2O2+. The lowest BCUT2D eigenvalue weighted by Crippen LogP contribution is -2.24. The Bertz CT molecular complexity index is 637. The van der Waals surface area contributed by atoms with E-state index < -0.39 is 0 Å². The first-order chi connectivity index (χ1) is 11.2. The quantitative estimate of drug-likeness (QED) is 0.781. The number of amides is 1. The summed E-state index contributed by atoms with van der Waals surface area (Å²) >= 11 is 0. The lowest BCUT2D eigenvalue weighted by Gasteiger charge is -2.13. The standard InChI is InChI=1S/C19H24N2O2/c1-4-21(5-2)16-12-13-18(23-6-3)17(14-16)19(22)20-15-10-8-7-9-11-15/h7-14H,4-6H2,1-3H3,(H,20,22)/q+1. The summed E-state index contributed by atoms with van der Waals surface area (Å²) in [5.41, 5.74) is 2.35. The molecule has 1 amide bonds. The first-order valence-electron chi connectivity index (χ1n) is 8.07. The molecule has 4 heteroatoms. The molecule has 0 atom stereocenters. The van der Waals surface area contributed by atoms with Gasteiger partial charge in [-0.3, -0.25) is 4.79 Å². The fraction of sp³-hybridized carbons (Fsp3) is 0.316. The van der Waals surface area contributed by atoms with Crippen molar-refractivity contribution in [3.63, 3.8) is 0 Å². The van der Waals surface area contributed by atoms with Crippen molar-refractivity contribution in [1.29, 1.82) is 0 Å². The number of nitrogens with one attached hydrogen (secondary N) is 1. The molecule has 0 saturated heterocycles. The lowest BCUT2D eigenvalue weighted by atomic mass is 10.1. The molecule has 1 N–H and O–H groups in total. The number of rotatable bonds is 7. The van der Waals surface area contributed by atoms with Crippen LogP contribution in [0.2, 0.25) is 0 Å². The van der Waals surface area contributed by atoms with Gasteiger partial charge in [0.05, 0.1) is 12.2 Å². The summed E-state index contributed by atoms with van der Waals surface area (Å²) in [6.45, 7) is 8.43. The molecule has 0 unspecified atom stereocenters. The predicted octanol–water partition coefficient (Wildman–Crippen LogP) is 4.15. The van der Waals surface area contributed by atoms with Crippen molar-refractivity contribution >= 4 is 17.3 Å². The van der Waals surface area contributed by atoms with Crippen molar-refractivity contribution in [3.05, 3.63) is 54.1 Å². The van der Waals surface area contributed by atoms with Gasteiger partial charge in [-0.1, -0.05) is 18.2 Å². The number of nitrogens with zero attached hydrogens (tertiary/aromatic N) is 1. The van der Waals surface area contributed by atoms with Gasteiger partial charge in [0.15, 0.2) is 5.69 Å². The van der Waals surface area contributed by atoms with E-state index in [2.05, 4.69) is 24.1 Å². The van der Waals surface area contributed by atoms with Crippen LogP contribution in [0.25, 0.3) is 0 Å². The third-order valence-electron chi connectivity index (χ3n) is 3.67. The number of hydrogen-bond acceptors (Lipinski definition) is 3. The first kappa shape index (κ1) is 17.0. The number of benzene rings is 2. The Morgan fingerprint density at radius 3 is 2.35 bits per heavy atom. The Balaban J connectivity index is 2.32. The largest absolute Gasteiger partial charge is 0.493 e. The van der Waals surface area contributed by atoms with Gasteiger partial charge in [0, 0.05) is 17.8 Å². The molecule has 0 bridgehead atoms. The zero-order valence-electron chi connectivity index (χ0n) is 14.0. The molecule has 0 heterocycles. The van der Waals surface area contributed by atoms with E-state index >= 15 is 0 Å². The van der Waals surface area contributed by atoms with E-state index in [4.69, 9.17) is 4.74 Å². The summed E-state index contributed by atoms with van der Waals surface area (Å²) in [7, 11) is 0. The van der Waals surface area contributed by atoms with Crippen LogP contribution in [-0.2, 0) is 0 Å². The fourth-order valence-corrected chi connectivity index (χ4v) is 2.48. The van der Waals surface area contributed by atoms with Gasteiger partial charge in [0.1, 0.15) is 18.8 Å². The van der Waals surface area contributed by atoms with E-state index in [0.717, 1.165) is 24.5 Å². The van der Waals surface area contributed by atoms with Crippen molar-refractivity contribution < 1.29 is 9.53 Å². The van der Waals surface area contributed by atoms with Gasteiger partial charge in [-0.25, -0.2) is 0 Å². The number of anilines is 2. The molecule has 23 heavy (non-hydrogen) atoms. The average Bonchev–Trinajstić information content (AvgIpc) is 2.58. The molecule has 1 radical (unpaired) electrons. The zero-order chi connectivity index (χ0) is 16.7. The molecule has 4 nitrogen and oxygen atoms in total. The second-order valence-corrected chi connectivity index (χ2v) is 5.11. The molecular weight excluding hydrogens is 288 g/mol. The Morgan fingerprint density at radius 2 is 1.74 bits per heavy atom. The van der Waals surface area contributed by atoms with Crippen LogP contribution in [0, 0.1) is 0 Å². The van der Waals surface area contributed by atoms with Crippen LogP contribution in [0.15, 0.2) is 48.5 Å². The van der Waals surface area contributed by atoms with Gasteiger partial charge in [0.2, 0.25) is 0 Å². The summed E-state index contributed by atoms with van der Waals surface area (Å²) in [5, 5.41) is 2.92. The lowest BCUT2D eigenvalue weighted by molar-refractivity contribution is 0.102. The van der Waals surface area contributed by atoms with E-state index in [1.165, 1.54) is 0 Å². The summed E-state index contributed by atoms with van der Waals surface area (Å²) in [6.07, 6.45) is 0. The van der Waals surface area contributed by atoms with Crippen LogP contribution in [0.1, 0.15) is 31.1 Å². The van der Waals surface area contributed by atoms with E-state index in [1.54, 1.807) is 0 Å². The van der Waals surface area contributed by atoms with E-state index in [0.29, 0.717) is 17.9 Å². The molecule has 0 aliphatic heterocycles. The van der Waals surface area contributed by atoms with Gasteiger partial charge in [-0.15, -0.1) is 4.90 Å². The SMILES string of the molecule is CCOc1ccc([N+](CC)CC)cc1C(=O)Nc1ccccc1. The maximum Gasteiger partial charge on any atom is 0.259 e. The smallest absolute Gasteiger partial charge is 0.259 e. The molecule has 0 saturated carbocycles. The molecule has 2 aromatic rings. The third-order valence-corrected chi connectivity index (χ3v) is 3.67. The molecule has 121 valence electrons. The normalized spacial score (nSPS) is 10.6. The Kier molecular flexibility index (Phi) is 6.18. The van der Waals surface area contributed by atoms with Crippen LogP contribution < -0.4 is 15.0 Å². The Labute approximate surface area is 138 Å². The van der Waals surface area contributed by atoms with Crippen LogP contribution >= 0.6 is 0 Å². The molecule has 2 rings (SSSR count). The monoisotopic (exact) mass is 312 g/mol. The van der Waals surface area contributed by atoms with Gasteiger partial charge >= 0.3 is 0 Å². The topological polar surface area (TPSA) is 44.2 Å². The van der Waals surface area contributed by atoms with Crippen molar-refractivity contribution in [2.24, 2.45) is 0 Å². The zero-order valence-corrected chi connectivity index (χ0v) is 14.0. The minimum Gasteiger partial charge on any atom is -0.493 e. The molecule has 0 aliphatic rings. The number of ether oxygens (including phenoxy) is 1. The summed E-state index contributed by atoms with van der Waals surface area (Å²) in [5.74, 6) is 0.450. The number of carbonyl (C=O) groups excluding carboxylic acids is 1. The second kappa shape index (κ2) is 8.34. The highest BCUT2D eigenvalue weighted by molar-refractivity contribution is 6.06. The molecule has 2 aromatic carbocycles. The molecule has 0 spiro atoms. The number of carbonyl (C=O) groups is 1. The molecule has 0 aromatic heterocycles. The minimum atomic E-state index is -0.159. The van der Waals surface area contributed by atoms with Gasteiger partial charge in [-0.2, -0.15) is 0 Å². The summed E-state index contributed by atoms with van der Waals surface area (Å²) < 4.78 is 5.62. The molecule has 0 fully saturated rings. The van der Waals surface area contributed by atoms with Crippen molar-refractivity contribution in [3.8, 4) is 5.75 Å². The maximum absolute atomic E-state index is 12.7. The minimum absolute atomic E-state index is 0.159. The highest BCUT2D eigenvalue weighted by Crippen LogP contribution is 2.26. The van der Waals surface area contributed by atoms with E-state index in [-0.39, 0.29) is 5.91 Å². The van der Waals surface area contributed by atoms with Crippen LogP contribution in [0.3, 0.4) is 0 Å². The summed E-state index contributed by atoms with van der Waals surface area (Å²) in [4.78, 5) is 14.9. The second-order valence-electron chi connectivity index (χ2n) is 5.11. The van der Waals surface area contributed by atoms with Crippen LogP contribution in [-0.4, -0.2) is 25.6 Å². The number of para-hydroxylation sites is 1. The Hall–Kier alpha value is -2.33. The van der Waals surface area contributed by atoms with Crippen LogP contribution in [0.5, 0.6) is 5.75 Å². The van der Waals surface area contributed by atoms with Crippen molar-refractivity contribution in [2.45, 2.75) is 20.8 Å². The van der Waals surface area contributed by atoms with Gasteiger partial charge < -0.3 is 10.1 Å². The van der Waals surface area contributed by atoms with Gasteiger partial charge in [0.25, 0.3) is 5.91 Å². The fourth-order valence-electron chi connectivity index (χ4n) is 2.48.